The van der Waals surface area contributed by atoms with Crippen LogP contribution < -0.4 is 5.32 Å². The molecule has 1 aliphatic heterocycles. The molecule has 4 heteroatoms. The van der Waals surface area contributed by atoms with Crippen molar-refractivity contribution < 1.29 is 9.53 Å². The average molecular weight is 262 g/mol. The topological polar surface area (TPSA) is 41.6 Å². The maximum atomic E-state index is 11.8. The number of rotatable bonds is 3. The number of fused-ring (bicyclic) bond motifs is 1. The summed E-state index contributed by atoms with van der Waals surface area (Å²) in [6.07, 6.45) is 1.64. The molecular weight excluding hydrogens is 240 g/mol. The first-order chi connectivity index (χ1) is 9.19. The second-order valence-corrected chi connectivity index (χ2v) is 5.00. The fourth-order valence-electron chi connectivity index (χ4n) is 2.71. The Morgan fingerprint density at radius 3 is 2.89 bits per heavy atom. The van der Waals surface area contributed by atoms with Crippen LogP contribution in [0, 0.1) is 0 Å². The number of nitrogens with one attached hydrogen (secondary N) is 1. The molecule has 4 nitrogen and oxygen atoms in total. The number of hydrogen-bond donors (Lipinski definition) is 1. The summed E-state index contributed by atoms with van der Waals surface area (Å²) < 4.78 is 4.88. The zero-order valence-corrected chi connectivity index (χ0v) is 11.9. The largest absolute Gasteiger partial charge is 0.453 e. The van der Waals surface area contributed by atoms with E-state index in [1.165, 1.54) is 23.8 Å². The van der Waals surface area contributed by atoms with E-state index in [-0.39, 0.29) is 12.1 Å². The molecule has 19 heavy (non-hydrogen) atoms. The van der Waals surface area contributed by atoms with Crippen molar-refractivity contribution in [3.8, 4) is 0 Å². The van der Waals surface area contributed by atoms with Crippen LogP contribution in [0.1, 0.15) is 30.0 Å². The van der Waals surface area contributed by atoms with E-state index in [2.05, 4.69) is 30.4 Å². The zero-order chi connectivity index (χ0) is 13.8. The normalized spacial score (nSPS) is 18.1. The highest BCUT2D eigenvalue weighted by molar-refractivity contribution is 5.68. The first kappa shape index (κ1) is 13.9. The molecule has 0 bridgehead atoms. The second kappa shape index (κ2) is 6.06. The Bertz CT molecular complexity index is 459. The van der Waals surface area contributed by atoms with Gasteiger partial charge in [-0.3, -0.25) is 0 Å². The SMILES string of the molecule is CCC1Cc2cc(CNC)ccc2CN1C(=O)OC. The van der Waals surface area contributed by atoms with Crippen LogP contribution in [0.3, 0.4) is 0 Å². The minimum Gasteiger partial charge on any atom is -0.453 e. The lowest BCUT2D eigenvalue weighted by molar-refractivity contribution is 0.0950. The van der Waals surface area contributed by atoms with E-state index in [1.54, 1.807) is 0 Å². The summed E-state index contributed by atoms with van der Waals surface area (Å²) in [7, 11) is 3.40. The van der Waals surface area contributed by atoms with Crippen molar-refractivity contribution in [1.82, 2.24) is 10.2 Å². The molecule has 0 aromatic heterocycles. The number of amides is 1. The van der Waals surface area contributed by atoms with Crippen molar-refractivity contribution in [3.05, 3.63) is 34.9 Å². The van der Waals surface area contributed by atoms with Gasteiger partial charge in [0.15, 0.2) is 0 Å². The Labute approximate surface area is 114 Å². The molecule has 2 rings (SSSR count). The molecule has 1 aromatic carbocycles. The van der Waals surface area contributed by atoms with Crippen molar-refractivity contribution in [2.24, 2.45) is 0 Å². The molecule has 1 unspecified atom stereocenters. The fraction of sp³-hybridized carbons (Fsp3) is 0.533. The van der Waals surface area contributed by atoms with E-state index in [0.717, 1.165) is 19.4 Å². The number of carbonyl (C=O) groups is 1. The van der Waals surface area contributed by atoms with Crippen molar-refractivity contribution in [3.63, 3.8) is 0 Å². The molecule has 1 heterocycles. The quantitative estimate of drug-likeness (QED) is 0.909. The zero-order valence-electron chi connectivity index (χ0n) is 11.9. The van der Waals surface area contributed by atoms with Crippen LogP contribution in [0.15, 0.2) is 18.2 Å². The molecule has 104 valence electrons. The van der Waals surface area contributed by atoms with Crippen LogP contribution in [0.5, 0.6) is 0 Å². The van der Waals surface area contributed by atoms with Crippen molar-refractivity contribution in [2.45, 2.75) is 38.9 Å². The van der Waals surface area contributed by atoms with Gasteiger partial charge in [-0.2, -0.15) is 0 Å². The number of hydrogen-bond acceptors (Lipinski definition) is 3. The van der Waals surface area contributed by atoms with Crippen molar-refractivity contribution in [1.29, 1.82) is 0 Å². The van der Waals surface area contributed by atoms with Crippen LogP contribution in [0.25, 0.3) is 0 Å². The number of methoxy groups -OCH3 is 1. The first-order valence-electron chi connectivity index (χ1n) is 6.79. The predicted octanol–water partition coefficient (Wildman–Crippen LogP) is 2.31. The third-order valence-electron chi connectivity index (χ3n) is 3.77. The van der Waals surface area contributed by atoms with Gasteiger partial charge in [0.05, 0.1) is 7.11 Å². The van der Waals surface area contributed by atoms with Crippen molar-refractivity contribution in [2.75, 3.05) is 14.2 Å². The summed E-state index contributed by atoms with van der Waals surface area (Å²) in [6, 6.07) is 6.74. The maximum Gasteiger partial charge on any atom is 0.410 e. The van der Waals surface area contributed by atoms with Gasteiger partial charge in [-0.05, 0) is 36.6 Å². The van der Waals surface area contributed by atoms with Gasteiger partial charge in [0.1, 0.15) is 0 Å². The lowest BCUT2D eigenvalue weighted by Gasteiger charge is -2.35. The molecular formula is C15H22N2O2. The molecule has 1 N–H and O–H groups in total. The van der Waals surface area contributed by atoms with Crippen LogP contribution in [-0.2, 0) is 24.2 Å². The number of benzene rings is 1. The third-order valence-corrected chi connectivity index (χ3v) is 3.77. The van der Waals surface area contributed by atoms with E-state index >= 15 is 0 Å². The van der Waals surface area contributed by atoms with Gasteiger partial charge in [0.25, 0.3) is 0 Å². The average Bonchev–Trinajstić information content (AvgIpc) is 2.45. The Morgan fingerprint density at radius 2 is 2.26 bits per heavy atom. The van der Waals surface area contributed by atoms with Gasteiger partial charge in [0, 0.05) is 19.1 Å². The van der Waals surface area contributed by atoms with Crippen molar-refractivity contribution >= 4 is 6.09 Å². The number of ether oxygens (including phenoxy) is 1. The standard InChI is InChI=1S/C15H22N2O2/c1-4-14-8-13-7-11(9-16-2)5-6-12(13)10-17(14)15(18)19-3/h5-7,14,16H,4,8-10H2,1-3H3. The summed E-state index contributed by atoms with van der Waals surface area (Å²) >= 11 is 0. The highest BCUT2D eigenvalue weighted by atomic mass is 16.5. The molecule has 1 aliphatic rings. The summed E-state index contributed by atoms with van der Waals surface area (Å²) in [4.78, 5) is 13.6. The molecule has 0 aliphatic carbocycles. The van der Waals surface area contributed by atoms with Gasteiger partial charge in [-0.25, -0.2) is 4.79 Å². The summed E-state index contributed by atoms with van der Waals surface area (Å²) in [6.45, 7) is 3.65. The highest BCUT2D eigenvalue weighted by Crippen LogP contribution is 2.26. The van der Waals surface area contributed by atoms with E-state index in [0.29, 0.717) is 6.54 Å². The van der Waals surface area contributed by atoms with Gasteiger partial charge < -0.3 is 15.0 Å². The molecule has 0 saturated carbocycles. The highest BCUT2D eigenvalue weighted by Gasteiger charge is 2.29. The van der Waals surface area contributed by atoms with E-state index in [9.17, 15) is 4.79 Å². The Morgan fingerprint density at radius 1 is 1.47 bits per heavy atom. The molecule has 1 amide bonds. The van der Waals surface area contributed by atoms with E-state index in [4.69, 9.17) is 4.74 Å². The molecule has 0 radical (unpaired) electrons. The Hall–Kier alpha value is -1.55. The summed E-state index contributed by atoms with van der Waals surface area (Å²) in [5, 5.41) is 3.17. The summed E-state index contributed by atoms with van der Waals surface area (Å²) in [5.41, 5.74) is 3.89. The minimum atomic E-state index is -0.225. The van der Waals surface area contributed by atoms with E-state index < -0.39 is 0 Å². The van der Waals surface area contributed by atoms with Gasteiger partial charge in [-0.1, -0.05) is 25.1 Å². The smallest absolute Gasteiger partial charge is 0.410 e. The Balaban J connectivity index is 2.25. The van der Waals surface area contributed by atoms with Crippen LogP contribution in [0.4, 0.5) is 4.79 Å². The van der Waals surface area contributed by atoms with Crippen LogP contribution >= 0.6 is 0 Å². The van der Waals surface area contributed by atoms with Gasteiger partial charge in [0.2, 0.25) is 0 Å². The second-order valence-electron chi connectivity index (χ2n) is 5.00. The fourth-order valence-corrected chi connectivity index (χ4v) is 2.71. The van der Waals surface area contributed by atoms with Gasteiger partial charge in [-0.15, -0.1) is 0 Å². The number of nitrogens with zero attached hydrogens (tertiary/aromatic N) is 1. The van der Waals surface area contributed by atoms with Crippen LogP contribution in [-0.4, -0.2) is 31.2 Å². The predicted molar refractivity (Wildman–Crippen MR) is 74.9 cm³/mol. The molecule has 0 saturated heterocycles. The molecule has 0 spiro atoms. The monoisotopic (exact) mass is 262 g/mol. The minimum absolute atomic E-state index is 0.225. The first-order valence-corrected chi connectivity index (χ1v) is 6.79. The lowest BCUT2D eigenvalue weighted by atomic mass is 9.91. The number of carbonyl (C=O) groups excluding carboxylic acids is 1. The third kappa shape index (κ3) is 2.89. The van der Waals surface area contributed by atoms with E-state index in [1.807, 2.05) is 11.9 Å². The molecule has 0 fully saturated rings. The lowest BCUT2D eigenvalue weighted by Crippen LogP contribution is -2.43. The Kier molecular flexibility index (Phi) is 4.43. The molecule has 1 aromatic rings. The summed E-state index contributed by atoms with van der Waals surface area (Å²) in [5.74, 6) is 0. The maximum absolute atomic E-state index is 11.8. The van der Waals surface area contributed by atoms with Crippen LogP contribution in [0.2, 0.25) is 0 Å². The van der Waals surface area contributed by atoms with Gasteiger partial charge >= 0.3 is 6.09 Å². The molecule has 1 atom stereocenters.